The SMILES string of the molecule is CC1(CN2CCCCC2)CCCCN1. The van der Waals surface area contributed by atoms with Crippen molar-refractivity contribution in [3.05, 3.63) is 0 Å². The summed E-state index contributed by atoms with van der Waals surface area (Å²) in [6, 6.07) is 0. The average molecular weight is 196 g/mol. The van der Waals surface area contributed by atoms with Crippen molar-refractivity contribution < 1.29 is 0 Å². The molecule has 0 aromatic rings. The van der Waals surface area contributed by atoms with Gasteiger partial charge in [0.05, 0.1) is 0 Å². The van der Waals surface area contributed by atoms with Crippen LogP contribution in [0.1, 0.15) is 45.4 Å². The zero-order chi connectivity index (χ0) is 9.86. The van der Waals surface area contributed by atoms with Crippen molar-refractivity contribution in [2.45, 2.75) is 51.0 Å². The van der Waals surface area contributed by atoms with E-state index < -0.39 is 0 Å². The zero-order valence-electron chi connectivity index (χ0n) is 9.52. The number of hydrogen-bond donors (Lipinski definition) is 1. The van der Waals surface area contributed by atoms with Crippen LogP contribution >= 0.6 is 0 Å². The lowest BCUT2D eigenvalue weighted by molar-refractivity contribution is 0.144. The van der Waals surface area contributed by atoms with Crippen LogP contribution in [0.2, 0.25) is 0 Å². The van der Waals surface area contributed by atoms with Gasteiger partial charge in [-0.25, -0.2) is 0 Å². The Balaban J connectivity index is 1.81. The van der Waals surface area contributed by atoms with E-state index in [1.807, 2.05) is 0 Å². The van der Waals surface area contributed by atoms with Gasteiger partial charge in [-0.15, -0.1) is 0 Å². The topological polar surface area (TPSA) is 15.3 Å². The summed E-state index contributed by atoms with van der Waals surface area (Å²) in [5.41, 5.74) is 0.412. The van der Waals surface area contributed by atoms with Crippen molar-refractivity contribution in [2.75, 3.05) is 26.2 Å². The van der Waals surface area contributed by atoms with E-state index in [2.05, 4.69) is 17.1 Å². The third-order valence-electron chi connectivity index (χ3n) is 3.73. The molecule has 2 heteroatoms. The van der Waals surface area contributed by atoms with Gasteiger partial charge in [0.1, 0.15) is 0 Å². The number of piperidine rings is 2. The van der Waals surface area contributed by atoms with Crippen molar-refractivity contribution in [1.82, 2.24) is 10.2 Å². The first-order chi connectivity index (χ1) is 6.79. The summed E-state index contributed by atoms with van der Waals surface area (Å²) in [4.78, 5) is 2.65. The number of likely N-dealkylation sites (tertiary alicyclic amines) is 1. The minimum absolute atomic E-state index is 0.412. The van der Waals surface area contributed by atoms with Gasteiger partial charge in [-0.3, -0.25) is 0 Å². The van der Waals surface area contributed by atoms with Gasteiger partial charge < -0.3 is 10.2 Å². The Morgan fingerprint density at radius 2 is 1.86 bits per heavy atom. The molecule has 0 spiro atoms. The summed E-state index contributed by atoms with van der Waals surface area (Å²) in [7, 11) is 0. The van der Waals surface area contributed by atoms with Gasteiger partial charge in [0, 0.05) is 12.1 Å². The fourth-order valence-corrected chi connectivity index (χ4v) is 2.86. The second-order valence-electron chi connectivity index (χ2n) is 5.28. The molecular formula is C12H24N2. The lowest BCUT2D eigenvalue weighted by Crippen LogP contribution is -2.54. The molecule has 0 saturated carbocycles. The zero-order valence-corrected chi connectivity index (χ0v) is 9.52. The Morgan fingerprint density at radius 3 is 2.50 bits per heavy atom. The Bertz CT molecular complexity index is 167. The van der Waals surface area contributed by atoms with E-state index in [-0.39, 0.29) is 0 Å². The van der Waals surface area contributed by atoms with Crippen LogP contribution in [-0.2, 0) is 0 Å². The quantitative estimate of drug-likeness (QED) is 0.727. The standard InChI is InChI=1S/C12H24N2/c1-12(7-3-4-8-13-12)11-14-9-5-2-6-10-14/h13H,2-11H2,1H3. The fraction of sp³-hybridized carbons (Fsp3) is 1.00. The van der Waals surface area contributed by atoms with E-state index in [0.29, 0.717) is 5.54 Å². The third-order valence-corrected chi connectivity index (χ3v) is 3.73. The maximum absolute atomic E-state index is 3.70. The second-order valence-corrected chi connectivity index (χ2v) is 5.28. The van der Waals surface area contributed by atoms with Crippen LogP contribution in [0, 0.1) is 0 Å². The number of hydrogen-bond acceptors (Lipinski definition) is 2. The first-order valence-corrected chi connectivity index (χ1v) is 6.26. The van der Waals surface area contributed by atoms with E-state index in [4.69, 9.17) is 0 Å². The van der Waals surface area contributed by atoms with E-state index in [9.17, 15) is 0 Å². The van der Waals surface area contributed by atoms with Crippen molar-refractivity contribution >= 4 is 0 Å². The molecule has 1 atom stereocenters. The summed E-state index contributed by atoms with van der Waals surface area (Å²) in [6.45, 7) is 7.56. The van der Waals surface area contributed by atoms with Crippen molar-refractivity contribution in [1.29, 1.82) is 0 Å². The molecule has 2 aliphatic rings. The Labute approximate surface area is 88.1 Å². The summed E-state index contributed by atoms with van der Waals surface area (Å²) >= 11 is 0. The van der Waals surface area contributed by atoms with Crippen LogP contribution in [-0.4, -0.2) is 36.6 Å². The molecule has 2 fully saturated rings. The Morgan fingerprint density at radius 1 is 1.07 bits per heavy atom. The third kappa shape index (κ3) is 2.71. The molecule has 0 aromatic heterocycles. The van der Waals surface area contributed by atoms with Gasteiger partial charge in [-0.2, -0.15) is 0 Å². The van der Waals surface area contributed by atoms with Gasteiger partial charge in [-0.05, 0) is 52.2 Å². The van der Waals surface area contributed by atoms with Crippen LogP contribution in [0.3, 0.4) is 0 Å². The molecule has 2 nitrogen and oxygen atoms in total. The molecule has 0 amide bonds. The van der Waals surface area contributed by atoms with E-state index in [1.165, 1.54) is 64.7 Å². The molecule has 0 aromatic carbocycles. The number of rotatable bonds is 2. The second kappa shape index (κ2) is 4.63. The Hall–Kier alpha value is -0.0800. The van der Waals surface area contributed by atoms with E-state index in [0.717, 1.165) is 0 Å². The molecule has 1 N–H and O–H groups in total. The number of nitrogens with zero attached hydrogens (tertiary/aromatic N) is 1. The van der Waals surface area contributed by atoms with Gasteiger partial charge in [0.2, 0.25) is 0 Å². The van der Waals surface area contributed by atoms with Crippen LogP contribution < -0.4 is 5.32 Å². The maximum atomic E-state index is 3.70. The summed E-state index contributed by atoms with van der Waals surface area (Å²) < 4.78 is 0. The van der Waals surface area contributed by atoms with Gasteiger partial charge in [0.25, 0.3) is 0 Å². The maximum Gasteiger partial charge on any atom is 0.0280 e. The van der Waals surface area contributed by atoms with Gasteiger partial charge in [0.15, 0.2) is 0 Å². The molecule has 2 aliphatic heterocycles. The minimum Gasteiger partial charge on any atom is -0.310 e. The molecule has 82 valence electrons. The molecule has 0 aliphatic carbocycles. The monoisotopic (exact) mass is 196 g/mol. The highest BCUT2D eigenvalue weighted by Gasteiger charge is 2.28. The van der Waals surface area contributed by atoms with Crippen molar-refractivity contribution in [3.63, 3.8) is 0 Å². The number of nitrogens with one attached hydrogen (secondary N) is 1. The van der Waals surface area contributed by atoms with E-state index in [1.54, 1.807) is 0 Å². The molecule has 14 heavy (non-hydrogen) atoms. The first kappa shape index (κ1) is 10.4. The van der Waals surface area contributed by atoms with Crippen molar-refractivity contribution in [2.24, 2.45) is 0 Å². The molecular weight excluding hydrogens is 172 g/mol. The summed E-state index contributed by atoms with van der Waals surface area (Å²) in [6.07, 6.45) is 8.42. The largest absolute Gasteiger partial charge is 0.310 e. The summed E-state index contributed by atoms with van der Waals surface area (Å²) in [5.74, 6) is 0. The lowest BCUT2D eigenvalue weighted by atomic mass is 9.90. The average Bonchev–Trinajstić information content (AvgIpc) is 2.19. The highest BCUT2D eigenvalue weighted by molar-refractivity contribution is 4.89. The van der Waals surface area contributed by atoms with Gasteiger partial charge >= 0.3 is 0 Å². The Kier molecular flexibility index (Phi) is 3.45. The lowest BCUT2D eigenvalue weighted by Gasteiger charge is -2.40. The predicted molar refractivity (Wildman–Crippen MR) is 60.5 cm³/mol. The molecule has 2 rings (SSSR count). The van der Waals surface area contributed by atoms with E-state index >= 15 is 0 Å². The molecule has 2 heterocycles. The van der Waals surface area contributed by atoms with Crippen molar-refractivity contribution in [3.8, 4) is 0 Å². The van der Waals surface area contributed by atoms with Crippen LogP contribution in [0.5, 0.6) is 0 Å². The predicted octanol–water partition coefficient (Wildman–Crippen LogP) is 2.00. The highest BCUT2D eigenvalue weighted by atomic mass is 15.2. The molecule has 1 unspecified atom stereocenters. The first-order valence-electron chi connectivity index (χ1n) is 6.26. The minimum atomic E-state index is 0.412. The fourth-order valence-electron chi connectivity index (χ4n) is 2.86. The normalized spacial score (nSPS) is 35.8. The van der Waals surface area contributed by atoms with Crippen LogP contribution in [0.15, 0.2) is 0 Å². The van der Waals surface area contributed by atoms with Crippen LogP contribution in [0.4, 0.5) is 0 Å². The molecule has 2 saturated heterocycles. The molecule has 0 bridgehead atoms. The highest BCUT2D eigenvalue weighted by Crippen LogP contribution is 2.21. The van der Waals surface area contributed by atoms with Crippen LogP contribution in [0.25, 0.3) is 0 Å². The smallest absolute Gasteiger partial charge is 0.0280 e. The summed E-state index contributed by atoms with van der Waals surface area (Å²) in [5, 5.41) is 3.70. The molecule has 0 radical (unpaired) electrons. The van der Waals surface area contributed by atoms with Gasteiger partial charge in [-0.1, -0.05) is 12.8 Å².